The lowest BCUT2D eigenvalue weighted by atomic mass is 10.5. The molecule has 0 atom stereocenters. The Labute approximate surface area is 36.5 Å². The fourth-order valence-corrected chi connectivity index (χ4v) is 0.0559. The Morgan fingerprint density at radius 3 is 2.50 bits per heavy atom. The maximum Gasteiger partial charge on any atom is 0.117 e. The van der Waals surface area contributed by atoms with Crippen molar-refractivity contribution in [1.82, 2.24) is 5.48 Å². The first kappa shape index (κ1) is 5.43. The number of hydroxylamine groups is 1. The molecule has 0 aromatic rings. The molecule has 0 saturated carbocycles. The van der Waals surface area contributed by atoms with E-state index in [-0.39, 0.29) is 5.84 Å². The number of amidine groups is 1. The van der Waals surface area contributed by atoms with E-state index >= 15 is 0 Å². The second kappa shape index (κ2) is 2.66. The fraction of sp³-hybridized carbons (Fsp3) is 0.333. The van der Waals surface area contributed by atoms with Gasteiger partial charge in [0.05, 0.1) is 0 Å². The quantitative estimate of drug-likeness (QED) is 0.242. The van der Waals surface area contributed by atoms with Gasteiger partial charge < -0.3 is 0 Å². The summed E-state index contributed by atoms with van der Waals surface area (Å²) in [6.07, 6.45) is 0.302. The molecule has 0 spiro atoms. The molecule has 0 aliphatic heterocycles. The largest absolute Gasteiger partial charge is 0.290 e. The molecule has 0 aliphatic carbocycles. The molecular formula is C3H7N2O. The highest BCUT2D eigenvalue weighted by molar-refractivity contribution is 5.77. The number of rotatable bonds is 1. The van der Waals surface area contributed by atoms with Gasteiger partial charge in [-0.2, -0.15) is 0 Å². The molecule has 0 heterocycles. The van der Waals surface area contributed by atoms with Crippen molar-refractivity contribution in [2.45, 2.75) is 6.42 Å². The van der Waals surface area contributed by atoms with Crippen LogP contribution in [-0.2, 0) is 0 Å². The van der Waals surface area contributed by atoms with E-state index in [0.29, 0.717) is 6.42 Å². The lowest BCUT2D eigenvalue weighted by Gasteiger charge is -1.90. The zero-order chi connectivity index (χ0) is 4.99. The molecule has 6 heavy (non-hydrogen) atoms. The highest BCUT2D eigenvalue weighted by Gasteiger charge is 1.80. The van der Waals surface area contributed by atoms with Crippen LogP contribution in [0.1, 0.15) is 6.42 Å². The van der Waals surface area contributed by atoms with Gasteiger partial charge in [0.2, 0.25) is 0 Å². The summed E-state index contributed by atoms with van der Waals surface area (Å²) in [5, 5.41) is 14.4. The smallest absolute Gasteiger partial charge is 0.117 e. The third kappa shape index (κ3) is 1.72. The second-order valence-electron chi connectivity index (χ2n) is 0.840. The van der Waals surface area contributed by atoms with E-state index in [1.54, 1.807) is 5.48 Å². The van der Waals surface area contributed by atoms with Gasteiger partial charge in [-0.25, -0.2) is 0 Å². The molecule has 0 bridgehead atoms. The van der Waals surface area contributed by atoms with E-state index in [2.05, 4.69) is 6.92 Å². The van der Waals surface area contributed by atoms with E-state index in [1.165, 1.54) is 0 Å². The Hall–Kier alpha value is -0.570. The van der Waals surface area contributed by atoms with Gasteiger partial charge in [-0.15, -0.1) is 0 Å². The minimum Gasteiger partial charge on any atom is -0.290 e. The summed E-state index contributed by atoms with van der Waals surface area (Å²) in [6.45, 7) is 3.31. The van der Waals surface area contributed by atoms with E-state index in [4.69, 9.17) is 10.6 Å². The molecule has 3 nitrogen and oxygen atoms in total. The maximum absolute atomic E-state index is 7.82. The van der Waals surface area contributed by atoms with Gasteiger partial charge >= 0.3 is 0 Å². The van der Waals surface area contributed by atoms with Crippen LogP contribution in [0.25, 0.3) is 0 Å². The van der Waals surface area contributed by atoms with Crippen molar-refractivity contribution in [3.05, 3.63) is 6.92 Å². The first-order valence-corrected chi connectivity index (χ1v) is 1.58. The van der Waals surface area contributed by atoms with E-state index in [9.17, 15) is 0 Å². The molecule has 0 aliphatic rings. The van der Waals surface area contributed by atoms with Crippen molar-refractivity contribution in [2.24, 2.45) is 0 Å². The standard InChI is InChI=1S/C3H7N2O/c1-2-3(4)5-6/h6H,1-2H2,(H2,4,5). The van der Waals surface area contributed by atoms with Gasteiger partial charge in [-0.3, -0.25) is 16.1 Å². The normalized spacial score (nSPS) is 7.67. The van der Waals surface area contributed by atoms with Gasteiger partial charge in [0.15, 0.2) is 0 Å². The van der Waals surface area contributed by atoms with Crippen molar-refractivity contribution in [3.63, 3.8) is 0 Å². The summed E-state index contributed by atoms with van der Waals surface area (Å²) in [7, 11) is 0. The lowest BCUT2D eigenvalue weighted by molar-refractivity contribution is 0.231. The average Bonchev–Trinajstić information content (AvgIpc) is 1.65. The predicted octanol–water partition coefficient (Wildman–Crippen LogP) is 0.167. The molecule has 3 heteroatoms. The third-order valence-corrected chi connectivity index (χ3v) is 0.385. The summed E-state index contributed by atoms with van der Waals surface area (Å²) in [6, 6.07) is 0. The van der Waals surface area contributed by atoms with Crippen LogP contribution in [0, 0.1) is 12.3 Å². The number of hydrogen-bond donors (Lipinski definition) is 3. The molecule has 3 N–H and O–H groups in total. The number of nitrogens with one attached hydrogen (secondary N) is 2. The summed E-state index contributed by atoms with van der Waals surface area (Å²) < 4.78 is 0. The molecule has 0 aromatic heterocycles. The van der Waals surface area contributed by atoms with Crippen molar-refractivity contribution in [1.29, 1.82) is 5.41 Å². The average molecular weight is 87.1 g/mol. The van der Waals surface area contributed by atoms with Gasteiger partial charge in [0.1, 0.15) is 5.84 Å². The van der Waals surface area contributed by atoms with Crippen molar-refractivity contribution in [3.8, 4) is 0 Å². The highest BCUT2D eigenvalue weighted by Crippen LogP contribution is 1.68. The zero-order valence-electron chi connectivity index (χ0n) is 3.36. The van der Waals surface area contributed by atoms with Crippen LogP contribution < -0.4 is 5.48 Å². The van der Waals surface area contributed by atoms with E-state index in [0.717, 1.165) is 0 Å². The van der Waals surface area contributed by atoms with E-state index < -0.39 is 0 Å². The molecule has 0 fully saturated rings. The van der Waals surface area contributed by atoms with Crippen LogP contribution in [0.3, 0.4) is 0 Å². The van der Waals surface area contributed by atoms with Gasteiger partial charge in [-0.1, -0.05) is 0 Å². The van der Waals surface area contributed by atoms with Crippen molar-refractivity contribution >= 4 is 5.84 Å². The topological polar surface area (TPSA) is 56.1 Å². The van der Waals surface area contributed by atoms with Gasteiger partial charge in [0, 0.05) is 6.42 Å². The van der Waals surface area contributed by atoms with Crippen LogP contribution in [0.4, 0.5) is 0 Å². The Balaban J connectivity index is 2.99. The van der Waals surface area contributed by atoms with Gasteiger partial charge in [-0.05, 0) is 6.92 Å². The minimum absolute atomic E-state index is 0.0370. The van der Waals surface area contributed by atoms with Crippen LogP contribution in [0.2, 0.25) is 0 Å². The van der Waals surface area contributed by atoms with Crippen LogP contribution in [-0.4, -0.2) is 11.0 Å². The summed E-state index contributed by atoms with van der Waals surface area (Å²) in [4.78, 5) is 0. The summed E-state index contributed by atoms with van der Waals surface area (Å²) in [5.74, 6) is 0.0370. The molecule has 35 valence electrons. The maximum atomic E-state index is 7.82. The molecule has 0 aromatic carbocycles. The Morgan fingerprint density at radius 2 is 2.50 bits per heavy atom. The third-order valence-electron chi connectivity index (χ3n) is 0.385. The molecule has 0 amide bonds. The highest BCUT2D eigenvalue weighted by atomic mass is 16.5. The lowest BCUT2D eigenvalue weighted by Crippen LogP contribution is -2.15. The molecule has 0 saturated heterocycles. The first-order chi connectivity index (χ1) is 2.81. The summed E-state index contributed by atoms with van der Waals surface area (Å²) in [5.41, 5.74) is 1.64. The SMILES string of the molecule is [CH2]CC(=N)NO. The molecular weight excluding hydrogens is 80.0 g/mol. The van der Waals surface area contributed by atoms with E-state index in [1.807, 2.05) is 0 Å². The zero-order valence-corrected chi connectivity index (χ0v) is 3.36. The minimum atomic E-state index is 0.0370. The first-order valence-electron chi connectivity index (χ1n) is 1.58. The van der Waals surface area contributed by atoms with Crippen molar-refractivity contribution < 1.29 is 5.21 Å². The monoisotopic (exact) mass is 87.1 g/mol. The summed E-state index contributed by atoms with van der Waals surface area (Å²) >= 11 is 0. The number of hydrogen-bond acceptors (Lipinski definition) is 2. The Morgan fingerprint density at radius 1 is 2.00 bits per heavy atom. The van der Waals surface area contributed by atoms with Crippen LogP contribution in [0.5, 0.6) is 0 Å². The molecule has 0 rings (SSSR count). The molecule has 0 unspecified atom stereocenters. The second-order valence-corrected chi connectivity index (χ2v) is 0.840. The van der Waals surface area contributed by atoms with Crippen LogP contribution in [0.15, 0.2) is 0 Å². The Kier molecular flexibility index (Phi) is 2.40. The Bertz CT molecular complexity index is 46.8. The fourth-order valence-electron chi connectivity index (χ4n) is 0.0559. The molecule has 1 radical (unpaired) electrons. The van der Waals surface area contributed by atoms with Crippen LogP contribution >= 0.6 is 0 Å². The van der Waals surface area contributed by atoms with Crippen molar-refractivity contribution in [2.75, 3.05) is 0 Å². The van der Waals surface area contributed by atoms with Gasteiger partial charge in [0.25, 0.3) is 0 Å². The predicted molar refractivity (Wildman–Crippen MR) is 22.6 cm³/mol.